The van der Waals surface area contributed by atoms with Gasteiger partial charge in [-0.25, -0.2) is 0 Å². The normalized spacial score (nSPS) is 14.5. The first-order chi connectivity index (χ1) is 14.5. The summed E-state index contributed by atoms with van der Waals surface area (Å²) in [6.07, 6.45) is 4.35. The van der Waals surface area contributed by atoms with E-state index >= 15 is 0 Å². The summed E-state index contributed by atoms with van der Waals surface area (Å²) in [7, 11) is 2.07. The van der Waals surface area contributed by atoms with Crippen LogP contribution in [0.1, 0.15) is 17.5 Å². The van der Waals surface area contributed by atoms with E-state index < -0.39 is 0 Å². The van der Waals surface area contributed by atoms with Crippen molar-refractivity contribution in [3.05, 3.63) is 59.8 Å². The maximum atomic E-state index is 12.8. The van der Waals surface area contributed by atoms with Gasteiger partial charge in [-0.15, -0.1) is 0 Å². The van der Waals surface area contributed by atoms with Crippen molar-refractivity contribution in [3.63, 3.8) is 0 Å². The zero-order valence-corrected chi connectivity index (χ0v) is 17.7. The average Bonchev–Trinajstić information content (AvgIpc) is 3.08. The summed E-state index contributed by atoms with van der Waals surface area (Å²) >= 11 is 0. The van der Waals surface area contributed by atoms with Crippen LogP contribution in [0.2, 0.25) is 0 Å². The van der Waals surface area contributed by atoms with Gasteiger partial charge in [-0.1, -0.05) is 6.07 Å². The second-order valence-corrected chi connectivity index (χ2v) is 8.11. The minimum atomic E-state index is 0.238. The van der Waals surface area contributed by atoms with Crippen LogP contribution in [0.25, 0.3) is 10.9 Å². The summed E-state index contributed by atoms with van der Waals surface area (Å²) < 4.78 is 2.15. The third-order valence-corrected chi connectivity index (χ3v) is 6.07. The number of carbonyl (C=O) groups excluding carboxylic acids is 1. The zero-order chi connectivity index (χ0) is 21.1. The number of piperazine rings is 1. The standard InChI is InChI=1S/C24H31N5O/c1-27-17-19(10-11-25)22-16-18(2-8-23(22)27)3-9-24(30)29-14-12-28(13-15-29)21-6-4-20(26)5-7-21/h2,4-8,16-17H,3,9-15,25-26H2,1H3. The van der Waals surface area contributed by atoms with Gasteiger partial charge in [-0.3, -0.25) is 4.79 Å². The number of carbonyl (C=O) groups is 1. The summed E-state index contributed by atoms with van der Waals surface area (Å²) in [5, 5.41) is 1.25. The fourth-order valence-corrected chi connectivity index (χ4v) is 4.34. The van der Waals surface area contributed by atoms with Gasteiger partial charge in [0.1, 0.15) is 0 Å². The lowest BCUT2D eigenvalue weighted by Crippen LogP contribution is -2.48. The molecule has 4 N–H and O–H groups in total. The van der Waals surface area contributed by atoms with E-state index in [2.05, 4.69) is 40.9 Å². The quantitative estimate of drug-likeness (QED) is 0.618. The number of rotatable bonds is 6. The largest absolute Gasteiger partial charge is 0.399 e. The minimum Gasteiger partial charge on any atom is -0.399 e. The topological polar surface area (TPSA) is 80.5 Å². The molecule has 30 heavy (non-hydrogen) atoms. The number of hydrogen-bond donors (Lipinski definition) is 2. The molecular weight excluding hydrogens is 374 g/mol. The van der Waals surface area contributed by atoms with Crippen LogP contribution in [0.15, 0.2) is 48.7 Å². The van der Waals surface area contributed by atoms with E-state index in [1.165, 1.54) is 27.7 Å². The Balaban J connectivity index is 1.34. The number of aryl methyl sites for hydroxylation is 2. The average molecular weight is 406 g/mol. The molecule has 6 heteroatoms. The number of nitrogens with zero attached hydrogens (tertiary/aromatic N) is 3. The van der Waals surface area contributed by atoms with E-state index in [4.69, 9.17) is 11.5 Å². The van der Waals surface area contributed by atoms with Crippen molar-refractivity contribution in [1.82, 2.24) is 9.47 Å². The fraction of sp³-hybridized carbons (Fsp3) is 0.375. The van der Waals surface area contributed by atoms with Gasteiger partial charge in [-0.2, -0.15) is 0 Å². The lowest BCUT2D eigenvalue weighted by Gasteiger charge is -2.36. The van der Waals surface area contributed by atoms with Crippen LogP contribution in [-0.2, 0) is 24.7 Å². The van der Waals surface area contributed by atoms with Gasteiger partial charge >= 0.3 is 0 Å². The summed E-state index contributed by atoms with van der Waals surface area (Å²) in [4.78, 5) is 17.1. The van der Waals surface area contributed by atoms with E-state index in [9.17, 15) is 4.79 Å². The van der Waals surface area contributed by atoms with Crippen LogP contribution in [0.5, 0.6) is 0 Å². The van der Waals surface area contributed by atoms with Gasteiger partial charge in [0, 0.05) is 68.1 Å². The predicted molar refractivity (Wildman–Crippen MR) is 124 cm³/mol. The van der Waals surface area contributed by atoms with Crippen molar-refractivity contribution >= 4 is 28.2 Å². The van der Waals surface area contributed by atoms with Crippen molar-refractivity contribution in [2.75, 3.05) is 43.4 Å². The highest BCUT2D eigenvalue weighted by Gasteiger charge is 2.21. The molecule has 2 aromatic carbocycles. The third kappa shape index (κ3) is 4.28. The van der Waals surface area contributed by atoms with Crippen molar-refractivity contribution in [3.8, 4) is 0 Å². The van der Waals surface area contributed by atoms with E-state index in [1.54, 1.807) is 0 Å². The Morgan fingerprint density at radius 3 is 2.43 bits per heavy atom. The van der Waals surface area contributed by atoms with Crippen molar-refractivity contribution in [1.29, 1.82) is 0 Å². The Hall–Kier alpha value is -2.99. The highest BCUT2D eigenvalue weighted by molar-refractivity contribution is 5.85. The molecule has 3 aromatic rings. The molecule has 4 rings (SSSR count). The van der Waals surface area contributed by atoms with Crippen LogP contribution < -0.4 is 16.4 Å². The molecular formula is C24H31N5O. The molecule has 1 saturated heterocycles. The highest BCUT2D eigenvalue weighted by atomic mass is 16.2. The Bertz CT molecular complexity index is 1020. The Kier molecular flexibility index (Phi) is 5.95. The Labute approximate surface area is 178 Å². The monoisotopic (exact) mass is 405 g/mol. The molecule has 0 unspecified atom stereocenters. The summed E-state index contributed by atoms with van der Waals surface area (Å²) in [5.41, 5.74) is 17.2. The van der Waals surface area contributed by atoms with Gasteiger partial charge in [0.05, 0.1) is 0 Å². The van der Waals surface area contributed by atoms with Crippen molar-refractivity contribution in [2.24, 2.45) is 12.8 Å². The fourth-order valence-electron chi connectivity index (χ4n) is 4.34. The third-order valence-electron chi connectivity index (χ3n) is 6.07. The van der Waals surface area contributed by atoms with E-state index in [0.29, 0.717) is 13.0 Å². The molecule has 0 aliphatic carbocycles. The number of anilines is 2. The molecule has 1 amide bonds. The molecule has 1 aromatic heterocycles. The second-order valence-electron chi connectivity index (χ2n) is 8.11. The highest BCUT2D eigenvalue weighted by Crippen LogP contribution is 2.23. The van der Waals surface area contributed by atoms with Gasteiger partial charge in [0.15, 0.2) is 0 Å². The minimum absolute atomic E-state index is 0.238. The van der Waals surface area contributed by atoms with Crippen LogP contribution in [0.3, 0.4) is 0 Å². The van der Waals surface area contributed by atoms with Crippen molar-refractivity contribution < 1.29 is 4.79 Å². The second kappa shape index (κ2) is 8.79. The first kappa shape index (κ1) is 20.3. The molecule has 0 bridgehead atoms. The van der Waals surface area contributed by atoms with Crippen molar-refractivity contribution in [2.45, 2.75) is 19.3 Å². The van der Waals surface area contributed by atoms with Gasteiger partial charge in [0.25, 0.3) is 0 Å². The smallest absolute Gasteiger partial charge is 0.223 e. The molecule has 0 spiro atoms. The molecule has 158 valence electrons. The Morgan fingerprint density at radius 1 is 1.00 bits per heavy atom. The number of nitrogens with two attached hydrogens (primary N) is 2. The summed E-state index contributed by atoms with van der Waals surface area (Å²) in [5.74, 6) is 0.238. The van der Waals surface area contributed by atoms with Crippen LogP contribution >= 0.6 is 0 Å². The van der Waals surface area contributed by atoms with Crippen LogP contribution in [0, 0.1) is 0 Å². The number of amides is 1. The number of nitrogen functional groups attached to an aromatic ring is 1. The molecule has 0 saturated carbocycles. The molecule has 1 aliphatic rings. The number of hydrogen-bond acceptors (Lipinski definition) is 4. The number of aromatic nitrogens is 1. The molecule has 6 nitrogen and oxygen atoms in total. The summed E-state index contributed by atoms with van der Waals surface area (Å²) in [6, 6.07) is 14.5. The first-order valence-electron chi connectivity index (χ1n) is 10.7. The lowest BCUT2D eigenvalue weighted by molar-refractivity contribution is -0.131. The maximum absolute atomic E-state index is 12.8. The first-order valence-corrected chi connectivity index (χ1v) is 10.7. The number of fused-ring (bicyclic) bond motifs is 1. The molecule has 2 heterocycles. The van der Waals surface area contributed by atoms with Gasteiger partial charge in [-0.05, 0) is 66.9 Å². The van der Waals surface area contributed by atoms with Crippen LogP contribution in [-0.4, -0.2) is 48.1 Å². The Morgan fingerprint density at radius 2 is 1.73 bits per heavy atom. The number of benzene rings is 2. The SMILES string of the molecule is Cn1cc(CCN)c2cc(CCC(=O)N3CCN(c4ccc(N)cc4)CC3)ccc21. The lowest BCUT2D eigenvalue weighted by atomic mass is 10.0. The zero-order valence-electron chi connectivity index (χ0n) is 17.7. The maximum Gasteiger partial charge on any atom is 0.223 e. The molecule has 1 aliphatic heterocycles. The van der Waals surface area contributed by atoms with Crippen LogP contribution in [0.4, 0.5) is 11.4 Å². The van der Waals surface area contributed by atoms with E-state index in [-0.39, 0.29) is 5.91 Å². The van der Waals surface area contributed by atoms with Gasteiger partial charge in [0.2, 0.25) is 5.91 Å². The molecule has 0 atom stereocenters. The predicted octanol–water partition coefficient (Wildman–Crippen LogP) is 2.54. The van der Waals surface area contributed by atoms with Gasteiger partial charge < -0.3 is 25.8 Å². The molecule has 1 fully saturated rings. The van der Waals surface area contributed by atoms with E-state index in [1.807, 2.05) is 29.2 Å². The summed E-state index contributed by atoms with van der Waals surface area (Å²) in [6.45, 7) is 3.88. The van der Waals surface area contributed by atoms with E-state index in [0.717, 1.165) is 44.7 Å². The molecule has 0 radical (unpaired) electrons.